The van der Waals surface area contributed by atoms with Crippen molar-refractivity contribution in [3.05, 3.63) is 89.2 Å². The van der Waals surface area contributed by atoms with Crippen LogP contribution < -0.4 is 10.2 Å². The molecule has 0 aliphatic rings. The second-order valence-corrected chi connectivity index (χ2v) is 9.15. The highest BCUT2D eigenvalue weighted by molar-refractivity contribution is 6.32. The van der Waals surface area contributed by atoms with E-state index in [2.05, 4.69) is 0 Å². The van der Waals surface area contributed by atoms with Gasteiger partial charge in [0.25, 0.3) is 0 Å². The van der Waals surface area contributed by atoms with Crippen molar-refractivity contribution in [1.82, 2.24) is 4.90 Å². The summed E-state index contributed by atoms with van der Waals surface area (Å²) in [7, 11) is 1.97. The van der Waals surface area contributed by atoms with Gasteiger partial charge in [-0.25, -0.2) is 4.39 Å². The molecule has 0 fully saturated rings. The van der Waals surface area contributed by atoms with Gasteiger partial charge in [0.2, 0.25) is 5.91 Å². The van der Waals surface area contributed by atoms with Crippen LogP contribution in [0, 0.1) is 5.82 Å². The number of rotatable bonds is 9. The molecule has 3 aromatic rings. The first kappa shape index (κ1) is 25.0. The van der Waals surface area contributed by atoms with Crippen molar-refractivity contribution in [2.24, 2.45) is 0 Å². The monoisotopic (exact) mass is 461 g/mol. The smallest absolute Gasteiger partial charge is 0.307 e. The predicted octanol–water partition coefficient (Wildman–Crippen LogP) is 3.87. The highest BCUT2D eigenvalue weighted by atomic mass is 19.1. The molecule has 0 saturated carbocycles. The maximum absolute atomic E-state index is 13.3. The van der Waals surface area contributed by atoms with Gasteiger partial charge in [-0.3, -0.25) is 9.59 Å². The lowest BCUT2D eigenvalue weighted by Gasteiger charge is -2.39. The highest BCUT2D eigenvalue weighted by Gasteiger charge is 2.30. The molecule has 1 amide bonds. The van der Waals surface area contributed by atoms with Crippen molar-refractivity contribution < 1.29 is 23.8 Å². The van der Waals surface area contributed by atoms with Crippen LogP contribution >= 0.6 is 0 Å². The van der Waals surface area contributed by atoms with E-state index in [4.69, 9.17) is 9.84 Å². The molecule has 0 unspecified atom stereocenters. The average Bonchev–Trinajstić information content (AvgIpc) is 2.74. The Balaban J connectivity index is 1.88. The van der Waals surface area contributed by atoms with Gasteiger partial charge < -0.3 is 14.7 Å². The Morgan fingerprint density at radius 1 is 1.03 bits per heavy atom. The van der Waals surface area contributed by atoms with Crippen molar-refractivity contribution in [2.75, 3.05) is 0 Å². The molecule has 3 aromatic carbocycles. The Labute approximate surface area is 200 Å². The first-order valence-corrected chi connectivity index (χ1v) is 11.1. The topological polar surface area (TPSA) is 66.8 Å². The Hall–Kier alpha value is -3.61. The molecule has 5 nitrogen and oxygen atoms in total. The standard InChI is InChI=1S/C27H29BFNO4/c1-18(31)30(27(2,3)16-19-7-10-23(29)11-8-19)17-21-15-22(28)9-12-25(21)34-24-6-4-5-20(13-24)14-26(32)33/h4-13,15H,14,16-17,28H2,1-3H3,(H,32,33). The third-order valence-corrected chi connectivity index (χ3v) is 5.69. The van der Waals surface area contributed by atoms with E-state index in [0.29, 0.717) is 30.0 Å². The maximum Gasteiger partial charge on any atom is 0.307 e. The van der Waals surface area contributed by atoms with E-state index in [-0.39, 0.29) is 18.1 Å². The molecule has 0 aliphatic carbocycles. The lowest BCUT2D eigenvalue weighted by atomic mass is 9.90. The summed E-state index contributed by atoms with van der Waals surface area (Å²) in [5, 5.41) is 9.07. The number of carbonyl (C=O) groups is 2. The number of benzene rings is 3. The SMILES string of the molecule is Bc1ccc(Oc2cccc(CC(=O)O)c2)c(CN(C(C)=O)C(C)(C)Cc2ccc(F)cc2)c1. The zero-order valence-electron chi connectivity index (χ0n) is 20.0. The summed E-state index contributed by atoms with van der Waals surface area (Å²) in [4.78, 5) is 25.6. The summed E-state index contributed by atoms with van der Waals surface area (Å²) in [6.07, 6.45) is 0.472. The summed E-state index contributed by atoms with van der Waals surface area (Å²) in [5.74, 6) is -0.152. The number of hydrogen-bond acceptors (Lipinski definition) is 3. The zero-order chi connectivity index (χ0) is 24.9. The van der Waals surface area contributed by atoms with Gasteiger partial charge in [0.05, 0.1) is 6.42 Å². The van der Waals surface area contributed by atoms with Gasteiger partial charge in [0.15, 0.2) is 0 Å². The molecule has 34 heavy (non-hydrogen) atoms. The molecule has 0 spiro atoms. The molecule has 0 atom stereocenters. The molecule has 0 heterocycles. The number of hydrogen-bond donors (Lipinski definition) is 1. The van der Waals surface area contributed by atoms with E-state index in [1.165, 1.54) is 19.1 Å². The Morgan fingerprint density at radius 2 is 1.74 bits per heavy atom. The average molecular weight is 461 g/mol. The summed E-state index contributed by atoms with van der Waals surface area (Å²) in [6, 6.07) is 19.1. The van der Waals surface area contributed by atoms with Gasteiger partial charge in [0.1, 0.15) is 25.2 Å². The van der Waals surface area contributed by atoms with Gasteiger partial charge in [-0.15, -0.1) is 0 Å². The minimum absolute atomic E-state index is 0.0805. The highest BCUT2D eigenvalue weighted by Crippen LogP contribution is 2.30. The van der Waals surface area contributed by atoms with Crippen LogP contribution in [0.3, 0.4) is 0 Å². The number of carboxylic acid groups (broad SMARTS) is 1. The molecule has 7 heteroatoms. The van der Waals surface area contributed by atoms with Crippen molar-refractivity contribution in [1.29, 1.82) is 0 Å². The number of ether oxygens (including phenoxy) is 1. The summed E-state index contributed by atoms with van der Waals surface area (Å²) >= 11 is 0. The van der Waals surface area contributed by atoms with Gasteiger partial charge in [-0.1, -0.05) is 41.9 Å². The van der Waals surface area contributed by atoms with Crippen LogP contribution in [0.2, 0.25) is 0 Å². The fourth-order valence-electron chi connectivity index (χ4n) is 4.07. The zero-order valence-corrected chi connectivity index (χ0v) is 20.0. The molecular formula is C27H29BFNO4. The molecule has 0 bridgehead atoms. The third kappa shape index (κ3) is 6.70. The number of amides is 1. The van der Waals surface area contributed by atoms with Crippen molar-refractivity contribution >= 4 is 25.2 Å². The Kier molecular flexibility index (Phi) is 7.77. The van der Waals surface area contributed by atoms with Crippen LogP contribution in [-0.2, 0) is 29.0 Å². The van der Waals surface area contributed by atoms with E-state index in [9.17, 15) is 14.0 Å². The van der Waals surface area contributed by atoms with E-state index in [0.717, 1.165) is 16.6 Å². The van der Waals surface area contributed by atoms with Gasteiger partial charge in [-0.2, -0.15) is 0 Å². The number of aliphatic carboxylic acids is 1. The van der Waals surface area contributed by atoms with Crippen molar-refractivity contribution in [3.8, 4) is 11.5 Å². The van der Waals surface area contributed by atoms with E-state index in [1.807, 2.05) is 39.9 Å². The van der Waals surface area contributed by atoms with Gasteiger partial charge >= 0.3 is 5.97 Å². The quantitative estimate of drug-likeness (QED) is 0.492. The Bertz CT molecular complexity index is 1180. The number of carbonyl (C=O) groups excluding carboxylic acids is 1. The first-order chi connectivity index (χ1) is 16.0. The van der Waals surface area contributed by atoms with Crippen LogP contribution in [0.1, 0.15) is 37.5 Å². The lowest BCUT2D eigenvalue weighted by molar-refractivity contribution is -0.136. The summed E-state index contributed by atoms with van der Waals surface area (Å²) < 4.78 is 19.5. The number of halogens is 1. The number of carboxylic acids is 1. The lowest BCUT2D eigenvalue weighted by Crippen LogP contribution is -2.47. The van der Waals surface area contributed by atoms with E-state index in [1.54, 1.807) is 41.3 Å². The molecule has 1 N–H and O–H groups in total. The van der Waals surface area contributed by atoms with Gasteiger partial charge in [0, 0.05) is 24.6 Å². The molecule has 3 rings (SSSR count). The van der Waals surface area contributed by atoms with E-state index < -0.39 is 11.5 Å². The molecule has 0 aromatic heterocycles. The normalized spacial score (nSPS) is 11.2. The van der Waals surface area contributed by atoms with Crippen LogP contribution in [0.4, 0.5) is 4.39 Å². The fourth-order valence-corrected chi connectivity index (χ4v) is 4.07. The maximum atomic E-state index is 13.3. The Morgan fingerprint density at radius 3 is 2.38 bits per heavy atom. The second kappa shape index (κ2) is 10.6. The minimum atomic E-state index is -0.909. The molecule has 0 saturated heterocycles. The minimum Gasteiger partial charge on any atom is -0.481 e. The predicted molar refractivity (Wildman–Crippen MR) is 133 cm³/mol. The van der Waals surface area contributed by atoms with Gasteiger partial charge in [-0.05, 0) is 61.7 Å². The first-order valence-electron chi connectivity index (χ1n) is 11.1. The van der Waals surface area contributed by atoms with Crippen LogP contribution in [0.25, 0.3) is 0 Å². The fraction of sp³-hybridized carbons (Fsp3) is 0.259. The van der Waals surface area contributed by atoms with Crippen molar-refractivity contribution in [2.45, 2.75) is 45.7 Å². The molecule has 0 radical (unpaired) electrons. The van der Waals surface area contributed by atoms with Crippen LogP contribution in [0.5, 0.6) is 11.5 Å². The molecule has 176 valence electrons. The van der Waals surface area contributed by atoms with Crippen LogP contribution in [-0.4, -0.2) is 35.3 Å². The van der Waals surface area contributed by atoms with Crippen LogP contribution in [0.15, 0.2) is 66.7 Å². The molecule has 0 aliphatic heterocycles. The second-order valence-electron chi connectivity index (χ2n) is 9.15. The number of nitrogens with zero attached hydrogens (tertiary/aromatic N) is 1. The third-order valence-electron chi connectivity index (χ3n) is 5.69. The largest absolute Gasteiger partial charge is 0.481 e. The molecular weight excluding hydrogens is 432 g/mol. The van der Waals surface area contributed by atoms with E-state index >= 15 is 0 Å². The summed E-state index contributed by atoms with van der Waals surface area (Å²) in [6.45, 7) is 5.85. The summed E-state index contributed by atoms with van der Waals surface area (Å²) in [5.41, 5.74) is 2.91. The van der Waals surface area contributed by atoms with Crippen molar-refractivity contribution in [3.63, 3.8) is 0 Å².